The zero-order valence-corrected chi connectivity index (χ0v) is 6.34. The molecular formula is C8H14O2. The van der Waals surface area contributed by atoms with E-state index in [0.717, 1.165) is 25.0 Å². The highest BCUT2D eigenvalue weighted by atomic mass is 16.5. The van der Waals surface area contributed by atoms with E-state index in [-0.39, 0.29) is 6.10 Å². The lowest BCUT2D eigenvalue weighted by Crippen LogP contribution is -2.10. The Hall–Kier alpha value is -0.500. The zero-order valence-electron chi connectivity index (χ0n) is 6.34. The lowest BCUT2D eigenvalue weighted by atomic mass is 10.0. The van der Waals surface area contributed by atoms with Crippen LogP contribution < -0.4 is 0 Å². The van der Waals surface area contributed by atoms with Gasteiger partial charge in [-0.3, -0.25) is 0 Å². The van der Waals surface area contributed by atoms with Gasteiger partial charge in [0.1, 0.15) is 0 Å². The van der Waals surface area contributed by atoms with Crippen molar-refractivity contribution in [2.24, 2.45) is 0 Å². The highest BCUT2D eigenvalue weighted by Gasteiger charge is 2.10. The largest absolute Gasteiger partial charge is 0.498 e. The van der Waals surface area contributed by atoms with Crippen LogP contribution in [-0.4, -0.2) is 17.8 Å². The topological polar surface area (TPSA) is 29.5 Å². The second-order valence-corrected chi connectivity index (χ2v) is 2.53. The maximum atomic E-state index is 9.15. The summed E-state index contributed by atoms with van der Waals surface area (Å²) in [6, 6.07) is 0. The van der Waals surface area contributed by atoms with Crippen molar-refractivity contribution in [2.75, 3.05) is 6.61 Å². The summed E-state index contributed by atoms with van der Waals surface area (Å²) in [6.45, 7) is 2.67. The number of aliphatic hydroxyl groups is 1. The van der Waals surface area contributed by atoms with Gasteiger partial charge in [-0.15, -0.1) is 0 Å². The van der Waals surface area contributed by atoms with Crippen molar-refractivity contribution in [3.05, 3.63) is 11.8 Å². The predicted molar refractivity (Wildman–Crippen MR) is 39.6 cm³/mol. The lowest BCUT2D eigenvalue weighted by Gasteiger charge is -2.16. The highest BCUT2D eigenvalue weighted by molar-refractivity contribution is 5.01. The van der Waals surface area contributed by atoms with Gasteiger partial charge < -0.3 is 9.84 Å². The van der Waals surface area contributed by atoms with Crippen LogP contribution in [0.2, 0.25) is 0 Å². The van der Waals surface area contributed by atoms with E-state index in [1.807, 2.05) is 13.0 Å². The van der Waals surface area contributed by atoms with E-state index in [1.165, 1.54) is 0 Å². The molecule has 0 radical (unpaired) electrons. The summed E-state index contributed by atoms with van der Waals surface area (Å²) in [5, 5.41) is 9.15. The number of hydrogen-bond acceptors (Lipinski definition) is 2. The quantitative estimate of drug-likeness (QED) is 0.632. The van der Waals surface area contributed by atoms with E-state index >= 15 is 0 Å². The van der Waals surface area contributed by atoms with Gasteiger partial charge in [-0.05, 0) is 25.8 Å². The Morgan fingerprint density at radius 3 is 3.20 bits per heavy atom. The monoisotopic (exact) mass is 142 g/mol. The van der Waals surface area contributed by atoms with Crippen LogP contribution in [0.5, 0.6) is 0 Å². The molecule has 58 valence electrons. The minimum atomic E-state index is -0.268. The third-order valence-corrected chi connectivity index (χ3v) is 1.63. The van der Waals surface area contributed by atoms with Gasteiger partial charge in [0, 0.05) is 6.42 Å². The minimum absolute atomic E-state index is 0.268. The van der Waals surface area contributed by atoms with E-state index in [2.05, 4.69) is 0 Å². The molecule has 0 saturated carbocycles. The van der Waals surface area contributed by atoms with Crippen molar-refractivity contribution >= 4 is 0 Å². The van der Waals surface area contributed by atoms with Gasteiger partial charge in [-0.25, -0.2) is 0 Å². The highest BCUT2D eigenvalue weighted by Crippen LogP contribution is 2.18. The molecule has 10 heavy (non-hydrogen) atoms. The van der Waals surface area contributed by atoms with Crippen molar-refractivity contribution in [1.82, 2.24) is 0 Å². The van der Waals surface area contributed by atoms with Crippen molar-refractivity contribution in [3.8, 4) is 0 Å². The normalized spacial score (nSPS) is 25.8. The van der Waals surface area contributed by atoms with Gasteiger partial charge in [0.05, 0.1) is 18.5 Å². The Morgan fingerprint density at radius 1 is 1.80 bits per heavy atom. The summed E-state index contributed by atoms with van der Waals surface area (Å²) in [6.07, 6.45) is 4.47. The number of allylic oxidation sites excluding steroid dienone is 1. The molecule has 1 aliphatic carbocycles. The first-order valence-electron chi connectivity index (χ1n) is 3.84. The average Bonchev–Trinajstić information content (AvgIpc) is 1.88. The third-order valence-electron chi connectivity index (χ3n) is 1.63. The number of aliphatic hydroxyl groups excluding tert-OH is 1. The van der Waals surface area contributed by atoms with E-state index < -0.39 is 0 Å². The van der Waals surface area contributed by atoms with Gasteiger partial charge in [0.25, 0.3) is 0 Å². The summed E-state index contributed by atoms with van der Waals surface area (Å²) in [5.41, 5.74) is 0. The molecule has 0 bridgehead atoms. The molecule has 1 atom stereocenters. The Kier molecular flexibility index (Phi) is 2.75. The summed E-state index contributed by atoms with van der Waals surface area (Å²) in [7, 11) is 0. The van der Waals surface area contributed by atoms with Crippen molar-refractivity contribution < 1.29 is 9.84 Å². The minimum Gasteiger partial charge on any atom is -0.498 e. The van der Waals surface area contributed by atoms with Crippen LogP contribution in [0.3, 0.4) is 0 Å². The fourth-order valence-corrected chi connectivity index (χ4v) is 1.17. The first-order valence-corrected chi connectivity index (χ1v) is 3.84. The maximum absolute atomic E-state index is 9.15. The number of hydrogen-bond donors (Lipinski definition) is 1. The second-order valence-electron chi connectivity index (χ2n) is 2.53. The first-order chi connectivity index (χ1) is 4.83. The lowest BCUT2D eigenvalue weighted by molar-refractivity contribution is 0.160. The predicted octanol–water partition coefficient (Wildman–Crippen LogP) is 1.45. The molecule has 0 aliphatic heterocycles. The molecule has 0 saturated heterocycles. The van der Waals surface area contributed by atoms with Gasteiger partial charge in [-0.1, -0.05) is 0 Å². The van der Waals surface area contributed by atoms with Crippen LogP contribution in [0, 0.1) is 0 Å². The molecule has 1 unspecified atom stereocenters. The standard InChI is InChI=1S/C8H14O2/c1-2-10-8-5-3-4-7(9)6-8/h6-7,9H,2-5H2,1H3. The molecule has 2 heteroatoms. The van der Waals surface area contributed by atoms with E-state index in [9.17, 15) is 0 Å². The Labute approximate surface area is 61.5 Å². The fraction of sp³-hybridized carbons (Fsp3) is 0.750. The number of rotatable bonds is 2. The smallest absolute Gasteiger partial charge is 0.0945 e. The SMILES string of the molecule is CCOC1=CC(O)CCC1. The Balaban J connectivity index is 2.41. The van der Waals surface area contributed by atoms with Crippen LogP contribution in [0.25, 0.3) is 0 Å². The van der Waals surface area contributed by atoms with E-state index in [4.69, 9.17) is 9.84 Å². The molecule has 1 aliphatic rings. The molecule has 0 aromatic carbocycles. The fourth-order valence-electron chi connectivity index (χ4n) is 1.17. The summed E-state index contributed by atoms with van der Waals surface area (Å²) in [4.78, 5) is 0. The first kappa shape index (κ1) is 7.61. The average molecular weight is 142 g/mol. The molecule has 0 aromatic rings. The maximum Gasteiger partial charge on any atom is 0.0945 e. The van der Waals surface area contributed by atoms with Crippen LogP contribution in [0.15, 0.2) is 11.8 Å². The molecule has 0 heterocycles. The van der Waals surface area contributed by atoms with Gasteiger partial charge in [0.2, 0.25) is 0 Å². The van der Waals surface area contributed by atoms with Gasteiger partial charge >= 0.3 is 0 Å². The molecular weight excluding hydrogens is 128 g/mol. The zero-order chi connectivity index (χ0) is 7.40. The van der Waals surface area contributed by atoms with Crippen LogP contribution in [0.4, 0.5) is 0 Å². The van der Waals surface area contributed by atoms with E-state index in [0.29, 0.717) is 6.61 Å². The molecule has 0 amide bonds. The van der Waals surface area contributed by atoms with Crippen LogP contribution >= 0.6 is 0 Å². The Morgan fingerprint density at radius 2 is 2.60 bits per heavy atom. The summed E-state index contributed by atoms with van der Waals surface area (Å²) in [5.74, 6) is 0.959. The van der Waals surface area contributed by atoms with Crippen LogP contribution in [-0.2, 0) is 4.74 Å². The molecule has 0 spiro atoms. The molecule has 1 rings (SSSR count). The molecule has 0 aromatic heterocycles. The van der Waals surface area contributed by atoms with Crippen LogP contribution in [0.1, 0.15) is 26.2 Å². The van der Waals surface area contributed by atoms with Crippen molar-refractivity contribution in [1.29, 1.82) is 0 Å². The molecule has 0 fully saturated rings. The molecule has 1 N–H and O–H groups in total. The van der Waals surface area contributed by atoms with Crippen molar-refractivity contribution in [3.63, 3.8) is 0 Å². The second kappa shape index (κ2) is 3.62. The van der Waals surface area contributed by atoms with E-state index in [1.54, 1.807) is 0 Å². The summed E-state index contributed by atoms with van der Waals surface area (Å²) >= 11 is 0. The summed E-state index contributed by atoms with van der Waals surface area (Å²) < 4.78 is 5.25. The Bertz CT molecular complexity index is 129. The third kappa shape index (κ3) is 2.03. The van der Waals surface area contributed by atoms with Gasteiger partial charge in [-0.2, -0.15) is 0 Å². The molecule has 2 nitrogen and oxygen atoms in total. The van der Waals surface area contributed by atoms with Gasteiger partial charge in [0.15, 0.2) is 0 Å². The number of ether oxygens (including phenoxy) is 1. The van der Waals surface area contributed by atoms with Crippen molar-refractivity contribution in [2.45, 2.75) is 32.3 Å².